The van der Waals surface area contributed by atoms with Gasteiger partial charge in [0.25, 0.3) is 11.8 Å². The van der Waals surface area contributed by atoms with Gasteiger partial charge in [0.15, 0.2) is 11.5 Å². The average molecular weight is 470 g/mol. The lowest BCUT2D eigenvalue weighted by atomic mass is 9.93. The molecule has 0 atom stereocenters. The predicted molar refractivity (Wildman–Crippen MR) is 103 cm³/mol. The highest BCUT2D eigenvalue weighted by Gasteiger charge is 2.40. The van der Waals surface area contributed by atoms with Crippen LogP contribution < -0.4 is 10.1 Å². The molecule has 138 valence electrons. The van der Waals surface area contributed by atoms with Gasteiger partial charge >= 0.3 is 6.03 Å². The number of urea groups is 1. The number of amides is 4. The molecular weight excluding hydrogens is 451 g/mol. The van der Waals surface area contributed by atoms with Crippen LogP contribution in [0.3, 0.4) is 0 Å². The van der Waals surface area contributed by atoms with Crippen LogP contribution in [-0.2, 0) is 9.59 Å². The normalized spacial score (nSPS) is 20.5. The lowest BCUT2D eigenvalue weighted by Crippen LogP contribution is -2.58. The standard InChI is InChI=1S/C18H19IN2O5/c1-26-14-9-10(8-13(19)15(14)22)7-12-16(23)20-18(25)21(17(12)24)11-5-3-2-4-6-11/h7-9,11,22H,2-6H2,1H3,(H,20,23,25). The summed E-state index contributed by atoms with van der Waals surface area (Å²) in [6.07, 6.45) is 5.94. The average Bonchev–Trinajstić information content (AvgIpc) is 2.62. The van der Waals surface area contributed by atoms with Crippen LogP contribution in [0.5, 0.6) is 11.5 Å². The second-order valence-electron chi connectivity index (χ2n) is 6.34. The highest BCUT2D eigenvalue weighted by Crippen LogP contribution is 2.33. The number of aromatic hydroxyl groups is 1. The van der Waals surface area contributed by atoms with Crippen LogP contribution >= 0.6 is 22.6 Å². The van der Waals surface area contributed by atoms with Gasteiger partial charge in [-0.05, 0) is 59.2 Å². The molecule has 1 saturated carbocycles. The number of rotatable bonds is 3. The van der Waals surface area contributed by atoms with E-state index in [-0.39, 0.29) is 23.1 Å². The number of ether oxygens (including phenoxy) is 1. The van der Waals surface area contributed by atoms with E-state index in [1.807, 2.05) is 22.6 Å². The van der Waals surface area contributed by atoms with Crippen LogP contribution in [0.4, 0.5) is 4.79 Å². The van der Waals surface area contributed by atoms with Crippen molar-refractivity contribution in [2.75, 3.05) is 7.11 Å². The lowest BCUT2D eigenvalue weighted by molar-refractivity contribution is -0.132. The van der Waals surface area contributed by atoms with Gasteiger partial charge in [-0.25, -0.2) is 4.79 Å². The maximum atomic E-state index is 12.8. The molecule has 0 unspecified atom stereocenters. The number of nitrogens with one attached hydrogen (secondary N) is 1. The van der Waals surface area contributed by atoms with Crippen LogP contribution in [-0.4, -0.2) is 41.0 Å². The number of phenols is 1. The summed E-state index contributed by atoms with van der Waals surface area (Å²) in [5.74, 6) is -1.05. The molecule has 4 amide bonds. The second-order valence-corrected chi connectivity index (χ2v) is 7.50. The van der Waals surface area contributed by atoms with Crippen molar-refractivity contribution in [1.82, 2.24) is 10.2 Å². The third-order valence-corrected chi connectivity index (χ3v) is 5.48. The molecule has 0 radical (unpaired) electrons. The Kier molecular flexibility index (Phi) is 5.49. The lowest BCUT2D eigenvalue weighted by Gasteiger charge is -2.35. The van der Waals surface area contributed by atoms with Crippen molar-refractivity contribution in [2.45, 2.75) is 38.1 Å². The number of carbonyl (C=O) groups is 3. The molecule has 1 aromatic rings. The molecule has 2 fully saturated rings. The van der Waals surface area contributed by atoms with Gasteiger partial charge < -0.3 is 9.84 Å². The van der Waals surface area contributed by atoms with E-state index in [0.29, 0.717) is 9.13 Å². The molecule has 1 aromatic carbocycles. The molecule has 1 aliphatic carbocycles. The van der Waals surface area contributed by atoms with E-state index in [1.54, 1.807) is 6.07 Å². The van der Waals surface area contributed by atoms with Crippen molar-refractivity contribution < 1.29 is 24.2 Å². The Hall–Kier alpha value is -2.10. The van der Waals surface area contributed by atoms with Crippen LogP contribution in [0, 0.1) is 3.57 Å². The molecule has 7 nitrogen and oxygen atoms in total. The molecule has 0 spiro atoms. The second kappa shape index (κ2) is 7.65. The topological polar surface area (TPSA) is 95.9 Å². The fourth-order valence-electron chi connectivity index (χ4n) is 3.34. The predicted octanol–water partition coefficient (Wildman–Crippen LogP) is 2.80. The summed E-state index contributed by atoms with van der Waals surface area (Å²) >= 11 is 1.94. The molecule has 1 heterocycles. The third kappa shape index (κ3) is 3.55. The summed E-state index contributed by atoms with van der Waals surface area (Å²) in [6, 6.07) is 2.34. The Morgan fingerprint density at radius 2 is 1.92 bits per heavy atom. The van der Waals surface area contributed by atoms with Crippen molar-refractivity contribution in [2.24, 2.45) is 0 Å². The smallest absolute Gasteiger partial charge is 0.331 e. The van der Waals surface area contributed by atoms with Gasteiger partial charge in [-0.3, -0.25) is 19.8 Å². The monoisotopic (exact) mass is 470 g/mol. The number of hydrogen-bond donors (Lipinski definition) is 2. The van der Waals surface area contributed by atoms with E-state index < -0.39 is 17.8 Å². The Labute approximate surface area is 164 Å². The van der Waals surface area contributed by atoms with Crippen LogP contribution in [0.2, 0.25) is 0 Å². The first-order chi connectivity index (χ1) is 12.4. The fourth-order valence-corrected chi connectivity index (χ4v) is 3.97. The minimum atomic E-state index is -0.714. The number of imide groups is 2. The van der Waals surface area contributed by atoms with Gasteiger partial charge in [0.2, 0.25) is 0 Å². The molecule has 8 heteroatoms. The maximum Gasteiger partial charge on any atom is 0.331 e. The van der Waals surface area contributed by atoms with Gasteiger partial charge in [-0.1, -0.05) is 19.3 Å². The Morgan fingerprint density at radius 1 is 1.23 bits per heavy atom. The van der Waals surface area contributed by atoms with E-state index in [2.05, 4.69) is 5.32 Å². The van der Waals surface area contributed by atoms with Crippen LogP contribution in [0.25, 0.3) is 6.08 Å². The number of hydrogen-bond acceptors (Lipinski definition) is 5. The fraction of sp³-hybridized carbons (Fsp3) is 0.389. The van der Waals surface area contributed by atoms with E-state index in [0.717, 1.165) is 32.1 Å². The highest BCUT2D eigenvalue weighted by molar-refractivity contribution is 14.1. The summed E-state index contributed by atoms with van der Waals surface area (Å²) < 4.78 is 5.63. The summed E-state index contributed by atoms with van der Waals surface area (Å²) in [6.45, 7) is 0. The maximum absolute atomic E-state index is 12.8. The molecule has 2 N–H and O–H groups in total. The van der Waals surface area contributed by atoms with Crippen LogP contribution in [0.15, 0.2) is 17.7 Å². The van der Waals surface area contributed by atoms with E-state index >= 15 is 0 Å². The SMILES string of the molecule is COc1cc(C=C2C(=O)NC(=O)N(C3CCCCC3)C2=O)cc(I)c1O. The molecule has 0 bridgehead atoms. The minimum absolute atomic E-state index is 0.00585. The Balaban J connectivity index is 1.96. The number of phenolic OH excluding ortho intramolecular Hbond substituents is 1. The summed E-state index contributed by atoms with van der Waals surface area (Å²) in [7, 11) is 1.42. The van der Waals surface area contributed by atoms with Crippen molar-refractivity contribution in [1.29, 1.82) is 0 Å². The Bertz CT molecular complexity index is 799. The Morgan fingerprint density at radius 3 is 2.58 bits per heavy atom. The zero-order valence-electron chi connectivity index (χ0n) is 14.3. The largest absolute Gasteiger partial charge is 0.504 e. The van der Waals surface area contributed by atoms with Gasteiger partial charge in [-0.2, -0.15) is 0 Å². The number of barbiturate groups is 1. The van der Waals surface area contributed by atoms with Crippen molar-refractivity contribution in [3.05, 3.63) is 26.8 Å². The number of benzene rings is 1. The van der Waals surface area contributed by atoms with Crippen molar-refractivity contribution in [3.63, 3.8) is 0 Å². The molecule has 3 rings (SSSR count). The number of nitrogens with zero attached hydrogens (tertiary/aromatic N) is 1. The molecule has 0 aromatic heterocycles. The molecule has 26 heavy (non-hydrogen) atoms. The van der Waals surface area contributed by atoms with Crippen LogP contribution in [0.1, 0.15) is 37.7 Å². The zero-order valence-corrected chi connectivity index (χ0v) is 16.4. The molecular formula is C18H19IN2O5. The van der Waals surface area contributed by atoms with Crippen molar-refractivity contribution in [3.8, 4) is 11.5 Å². The first-order valence-corrected chi connectivity index (χ1v) is 9.47. The molecule has 1 aliphatic heterocycles. The van der Waals surface area contributed by atoms with E-state index in [1.165, 1.54) is 24.2 Å². The number of methoxy groups -OCH3 is 1. The van der Waals surface area contributed by atoms with E-state index in [4.69, 9.17) is 4.74 Å². The minimum Gasteiger partial charge on any atom is -0.504 e. The summed E-state index contributed by atoms with van der Waals surface area (Å²) in [4.78, 5) is 38.5. The first-order valence-electron chi connectivity index (χ1n) is 8.39. The summed E-state index contributed by atoms with van der Waals surface area (Å²) in [5, 5.41) is 12.2. The van der Waals surface area contributed by atoms with Gasteiger partial charge in [-0.15, -0.1) is 0 Å². The third-order valence-electron chi connectivity index (χ3n) is 4.65. The van der Waals surface area contributed by atoms with Gasteiger partial charge in [0.05, 0.1) is 10.7 Å². The van der Waals surface area contributed by atoms with Gasteiger partial charge in [0, 0.05) is 6.04 Å². The summed E-state index contributed by atoms with van der Waals surface area (Å²) in [5.41, 5.74) is 0.430. The quantitative estimate of drug-likeness (QED) is 0.403. The first kappa shape index (κ1) is 18.7. The van der Waals surface area contributed by atoms with Crippen molar-refractivity contribution >= 4 is 46.5 Å². The number of halogens is 1. The van der Waals surface area contributed by atoms with Gasteiger partial charge in [0.1, 0.15) is 5.57 Å². The molecule has 2 aliphatic rings. The van der Waals surface area contributed by atoms with E-state index in [9.17, 15) is 19.5 Å². The number of carbonyl (C=O) groups excluding carboxylic acids is 3. The zero-order chi connectivity index (χ0) is 18.8. The highest BCUT2D eigenvalue weighted by atomic mass is 127. The molecule has 1 saturated heterocycles.